The molecule has 8 nitrogen and oxygen atoms in total. The van der Waals surface area contributed by atoms with Crippen molar-refractivity contribution >= 4 is 13.8 Å². The van der Waals surface area contributed by atoms with Gasteiger partial charge in [-0.2, -0.15) is 0 Å². The van der Waals surface area contributed by atoms with Gasteiger partial charge in [0, 0.05) is 13.0 Å². The van der Waals surface area contributed by atoms with E-state index in [0.29, 0.717) is 24.1 Å². The summed E-state index contributed by atoms with van der Waals surface area (Å²) >= 11 is 0. The summed E-state index contributed by atoms with van der Waals surface area (Å²) < 4.78 is 34.5. The van der Waals surface area contributed by atoms with Gasteiger partial charge in [-0.1, -0.05) is 148 Å². The van der Waals surface area contributed by atoms with E-state index in [4.69, 9.17) is 18.5 Å². The number of hydrogen-bond acceptors (Lipinski definition) is 7. The van der Waals surface area contributed by atoms with E-state index in [1.54, 1.807) is 0 Å². The van der Waals surface area contributed by atoms with Crippen molar-refractivity contribution in [3.8, 4) is 0 Å². The number of unbranched alkanes of at least 4 members (excludes halogenated alkanes) is 22. The maximum atomic E-state index is 12.6. The number of likely N-dealkylation sites (N-methyl/N-ethyl adjacent to an activating group) is 1. The Labute approximate surface area is 303 Å². The normalized spacial score (nSPS) is 14.0. The van der Waals surface area contributed by atoms with Crippen LogP contribution in [0.1, 0.15) is 181 Å². The SMILES string of the molecule is CCCCCCCCC/C=C\CCCCCCCC(=O)OC(COCCCCCCCCCCCCC)COP(=O)([O-])OCC[N+](C)(C)C. The Hall–Kier alpha value is -0.760. The van der Waals surface area contributed by atoms with Crippen LogP contribution in [-0.2, 0) is 27.9 Å². The van der Waals surface area contributed by atoms with Crippen molar-refractivity contribution in [3.63, 3.8) is 0 Å². The maximum Gasteiger partial charge on any atom is 0.306 e. The first kappa shape index (κ1) is 48.2. The highest BCUT2D eigenvalue weighted by molar-refractivity contribution is 7.45. The summed E-state index contributed by atoms with van der Waals surface area (Å²) in [4.78, 5) is 24.9. The van der Waals surface area contributed by atoms with Gasteiger partial charge in [0.2, 0.25) is 0 Å². The molecule has 0 radical (unpaired) electrons. The highest BCUT2D eigenvalue weighted by Crippen LogP contribution is 2.38. The quantitative estimate of drug-likeness (QED) is 0.0206. The number of rotatable bonds is 38. The van der Waals surface area contributed by atoms with Gasteiger partial charge in [0.05, 0.1) is 34.4 Å². The van der Waals surface area contributed by atoms with Crippen molar-refractivity contribution in [1.29, 1.82) is 0 Å². The fourth-order valence-electron chi connectivity index (χ4n) is 5.60. The van der Waals surface area contributed by atoms with Gasteiger partial charge >= 0.3 is 5.97 Å². The smallest absolute Gasteiger partial charge is 0.306 e. The van der Waals surface area contributed by atoms with E-state index in [1.807, 2.05) is 21.1 Å². The lowest BCUT2D eigenvalue weighted by Crippen LogP contribution is -2.37. The summed E-state index contributed by atoms with van der Waals surface area (Å²) in [6, 6.07) is 0. The molecule has 0 amide bonds. The molecule has 0 aromatic rings. The minimum Gasteiger partial charge on any atom is -0.756 e. The molecular weight excluding hydrogens is 637 g/mol. The van der Waals surface area contributed by atoms with Gasteiger partial charge in [-0.3, -0.25) is 9.36 Å². The predicted molar refractivity (Wildman–Crippen MR) is 204 cm³/mol. The van der Waals surface area contributed by atoms with Gasteiger partial charge in [0.25, 0.3) is 7.82 Å². The maximum absolute atomic E-state index is 12.6. The molecule has 0 aromatic carbocycles. The molecule has 0 saturated carbocycles. The molecule has 0 aliphatic heterocycles. The van der Waals surface area contributed by atoms with Gasteiger partial charge < -0.3 is 27.9 Å². The van der Waals surface area contributed by atoms with Crippen molar-refractivity contribution < 1.29 is 37.3 Å². The number of carbonyl (C=O) groups is 1. The van der Waals surface area contributed by atoms with Gasteiger partial charge in [0.1, 0.15) is 19.3 Å². The Morgan fingerprint density at radius 3 is 1.55 bits per heavy atom. The van der Waals surface area contributed by atoms with Crippen molar-refractivity contribution in [2.45, 2.75) is 187 Å². The van der Waals surface area contributed by atoms with Crippen LogP contribution in [0.2, 0.25) is 0 Å². The third-order valence-electron chi connectivity index (χ3n) is 8.82. The van der Waals surface area contributed by atoms with Crippen LogP contribution < -0.4 is 4.89 Å². The zero-order valence-corrected chi connectivity index (χ0v) is 33.8. The molecular formula is C40H80NO7P. The second-order valence-electron chi connectivity index (χ2n) is 15.0. The van der Waals surface area contributed by atoms with Crippen LogP contribution >= 0.6 is 7.82 Å². The fraction of sp³-hybridized carbons (Fsp3) is 0.925. The monoisotopic (exact) mass is 718 g/mol. The lowest BCUT2D eigenvalue weighted by Gasteiger charge is -2.28. The number of carbonyl (C=O) groups excluding carboxylic acids is 1. The van der Waals surface area contributed by atoms with Crippen LogP contribution in [0.5, 0.6) is 0 Å². The molecule has 49 heavy (non-hydrogen) atoms. The van der Waals surface area contributed by atoms with Gasteiger partial charge in [-0.15, -0.1) is 0 Å². The number of phosphoric acid groups is 1. The van der Waals surface area contributed by atoms with E-state index >= 15 is 0 Å². The van der Waals surface area contributed by atoms with E-state index in [2.05, 4.69) is 26.0 Å². The largest absolute Gasteiger partial charge is 0.756 e. The first-order valence-electron chi connectivity index (χ1n) is 20.4. The van der Waals surface area contributed by atoms with Crippen molar-refractivity contribution in [2.24, 2.45) is 0 Å². The molecule has 0 N–H and O–H groups in total. The fourth-order valence-corrected chi connectivity index (χ4v) is 6.33. The van der Waals surface area contributed by atoms with Crippen LogP contribution in [0, 0.1) is 0 Å². The minimum atomic E-state index is -4.51. The van der Waals surface area contributed by atoms with Crippen molar-refractivity contribution in [3.05, 3.63) is 12.2 Å². The first-order valence-corrected chi connectivity index (χ1v) is 21.9. The van der Waals surface area contributed by atoms with Gasteiger partial charge in [-0.05, 0) is 38.5 Å². The third-order valence-corrected chi connectivity index (χ3v) is 9.78. The minimum absolute atomic E-state index is 0.0274. The summed E-state index contributed by atoms with van der Waals surface area (Å²) in [5.41, 5.74) is 0. The molecule has 0 aromatic heterocycles. The molecule has 0 aliphatic rings. The second-order valence-corrected chi connectivity index (χ2v) is 16.4. The number of allylic oxidation sites excluding steroid dienone is 2. The van der Waals surface area contributed by atoms with Crippen LogP contribution in [0.3, 0.4) is 0 Å². The Balaban J connectivity index is 4.25. The number of quaternary nitrogens is 1. The van der Waals surface area contributed by atoms with E-state index in [9.17, 15) is 14.3 Å². The molecule has 0 bridgehead atoms. The zero-order valence-electron chi connectivity index (χ0n) is 32.9. The predicted octanol–water partition coefficient (Wildman–Crippen LogP) is 10.9. The Kier molecular flexibility index (Phi) is 33.8. The Morgan fingerprint density at radius 1 is 0.612 bits per heavy atom. The highest BCUT2D eigenvalue weighted by atomic mass is 31.2. The van der Waals surface area contributed by atoms with Crippen molar-refractivity contribution in [2.75, 3.05) is 54.1 Å². The molecule has 292 valence electrons. The molecule has 2 atom stereocenters. The number of esters is 1. The third kappa shape index (κ3) is 38.3. The summed E-state index contributed by atoms with van der Waals surface area (Å²) in [5.74, 6) is -0.341. The molecule has 0 aliphatic carbocycles. The zero-order chi connectivity index (χ0) is 36.3. The first-order chi connectivity index (χ1) is 23.6. The van der Waals surface area contributed by atoms with Crippen molar-refractivity contribution in [1.82, 2.24) is 0 Å². The average Bonchev–Trinajstić information content (AvgIpc) is 3.04. The number of hydrogen-bond donors (Lipinski definition) is 0. The van der Waals surface area contributed by atoms with E-state index in [-0.39, 0.29) is 25.8 Å². The molecule has 0 saturated heterocycles. The standard InChI is InChI=1S/C40H80NO7P/c1-6-8-10-12-14-16-18-19-20-21-22-23-25-27-29-31-33-40(42)48-39(38-47-49(43,44)46-36-34-41(3,4)5)37-45-35-32-30-28-26-24-17-15-13-11-9-7-2/h20-21,39H,6-19,22-38H2,1-5H3/b21-20-. The highest BCUT2D eigenvalue weighted by Gasteiger charge is 2.20. The number of nitrogens with zero attached hydrogens (tertiary/aromatic N) is 1. The Morgan fingerprint density at radius 2 is 1.06 bits per heavy atom. The van der Waals surface area contributed by atoms with Crippen LogP contribution in [0.4, 0.5) is 0 Å². The molecule has 9 heteroatoms. The molecule has 0 rings (SSSR count). The number of ether oxygens (including phenoxy) is 2. The van der Waals surface area contributed by atoms with E-state index in [1.165, 1.54) is 116 Å². The molecule has 2 unspecified atom stereocenters. The topological polar surface area (TPSA) is 94.1 Å². The van der Waals surface area contributed by atoms with Crippen LogP contribution in [-0.4, -0.2) is 70.7 Å². The lowest BCUT2D eigenvalue weighted by atomic mass is 10.1. The van der Waals surface area contributed by atoms with E-state index < -0.39 is 13.9 Å². The van der Waals surface area contributed by atoms with Crippen LogP contribution in [0.25, 0.3) is 0 Å². The summed E-state index contributed by atoms with van der Waals surface area (Å²) in [5, 5.41) is 0. The number of phosphoric ester groups is 1. The molecule has 0 heterocycles. The summed E-state index contributed by atoms with van der Waals surface area (Å²) in [6.45, 7) is 5.41. The van der Waals surface area contributed by atoms with Crippen LogP contribution in [0.15, 0.2) is 12.2 Å². The van der Waals surface area contributed by atoms with Gasteiger partial charge in [-0.25, -0.2) is 0 Å². The Bertz CT molecular complexity index is 802. The summed E-state index contributed by atoms with van der Waals surface area (Å²) in [7, 11) is 1.36. The lowest BCUT2D eigenvalue weighted by molar-refractivity contribution is -0.870. The summed E-state index contributed by atoms with van der Waals surface area (Å²) in [6.07, 6.45) is 35.0. The van der Waals surface area contributed by atoms with E-state index in [0.717, 1.165) is 44.9 Å². The molecule has 0 spiro atoms. The molecule has 0 fully saturated rings. The van der Waals surface area contributed by atoms with Gasteiger partial charge in [0.15, 0.2) is 0 Å². The second kappa shape index (κ2) is 34.3. The average molecular weight is 718 g/mol.